The van der Waals surface area contributed by atoms with Gasteiger partial charge in [-0.15, -0.1) is 0 Å². The van der Waals surface area contributed by atoms with E-state index in [9.17, 15) is 4.79 Å². The predicted octanol–water partition coefficient (Wildman–Crippen LogP) is 3.05. The van der Waals surface area contributed by atoms with Gasteiger partial charge in [0.15, 0.2) is 5.58 Å². The van der Waals surface area contributed by atoms with Gasteiger partial charge in [-0.3, -0.25) is 4.57 Å². The minimum Gasteiger partial charge on any atom is -0.408 e. The zero-order chi connectivity index (χ0) is 11.3. The Kier molecular flexibility index (Phi) is 1.96. The van der Waals surface area contributed by atoms with Crippen LogP contribution in [-0.4, -0.2) is 4.57 Å². The molecule has 1 saturated carbocycles. The van der Waals surface area contributed by atoms with Crippen LogP contribution in [0.3, 0.4) is 0 Å². The highest BCUT2D eigenvalue weighted by atomic mass is 16.4. The van der Waals surface area contributed by atoms with Gasteiger partial charge in [-0.25, -0.2) is 4.79 Å². The lowest BCUT2D eigenvalue weighted by atomic mass is 10.0. The van der Waals surface area contributed by atoms with Gasteiger partial charge in [0, 0.05) is 6.04 Å². The zero-order valence-corrected chi connectivity index (χ0v) is 9.56. The van der Waals surface area contributed by atoms with E-state index in [0.29, 0.717) is 12.0 Å². The lowest BCUT2D eigenvalue weighted by molar-refractivity contribution is 0.509. The standard InChI is InChI=1S/C13H15NO2/c1-8(2)9-3-6-11-12(7-9)16-13(15)14(11)10-4-5-10/h3,6-8,10H,4-5H2,1-2H3. The van der Waals surface area contributed by atoms with Crippen molar-refractivity contribution in [2.45, 2.75) is 38.6 Å². The first-order chi connectivity index (χ1) is 7.66. The van der Waals surface area contributed by atoms with E-state index in [1.165, 1.54) is 5.56 Å². The molecule has 0 N–H and O–H groups in total. The number of nitrogens with zero attached hydrogens (tertiary/aromatic N) is 1. The Bertz CT molecular complexity index is 587. The van der Waals surface area contributed by atoms with Crippen LogP contribution in [0.2, 0.25) is 0 Å². The van der Waals surface area contributed by atoms with Crippen molar-refractivity contribution in [3.8, 4) is 0 Å². The molecule has 0 aliphatic heterocycles. The number of rotatable bonds is 2. The SMILES string of the molecule is CC(C)c1ccc2c(c1)oc(=O)n2C1CC1. The summed E-state index contributed by atoms with van der Waals surface area (Å²) in [6.07, 6.45) is 2.20. The van der Waals surface area contributed by atoms with Gasteiger partial charge in [0.05, 0.1) is 5.52 Å². The fourth-order valence-electron chi connectivity index (χ4n) is 2.09. The summed E-state index contributed by atoms with van der Waals surface area (Å²) in [4.78, 5) is 11.7. The molecule has 1 heterocycles. The Hall–Kier alpha value is -1.51. The van der Waals surface area contributed by atoms with Crippen LogP contribution in [0.25, 0.3) is 11.1 Å². The Labute approximate surface area is 93.7 Å². The molecule has 0 saturated heterocycles. The minimum absolute atomic E-state index is 0.210. The molecule has 0 radical (unpaired) electrons. The van der Waals surface area contributed by atoms with Crippen LogP contribution < -0.4 is 5.76 Å². The van der Waals surface area contributed by atoms with Gasteiger partial charge in [0.25, 0.3) is 0 Å². The van der Waals surface area contributed by atoms with Crippen molar-refractivity contribution in [1.82, 2.24) is 4.57 Å². The van der Waals surface area contributed by atoms with Gasteiger partial charge in [0.1, 0.15) is 0 Å². The highest BCUT2D eigenvalue weighted by Crippen LogP contribution is 2.36. The maximum atomic E-state index is 11.7. The van der Waals surface area contributed by atoms with Crippen LogP contribution >= 0.6 is 0 Å². The van der Waals surface area contributed by atoms with E-state index in [1.807, 2.05) is 12.1 Å². The molecular formula is C13H15NO2. The Morgan fingerprint density at radius 1 is 1.38 bits per heavy atom. The zero-order valence-electron chi connectivity index (χ0n) is 9.56. The van der Waals surface area contributed by atoms with Crippen molar-refractivity contribution in [2.75, 3.05) is 0 Å². The molecule has 1 aromatic heterocycles. The molecule has 3 nitrogen and oxygen atoms in total. The summed E-state index contributed by atoms with van der Waals surface area (Å²) in [7, 11) is 0. The third-order valence-electron chi connectivity index (χ3n) is 3.22. The first-order valence-corrected chi connectivity index (χ1v) is 5.82. The van der Waals surface area contributed by atoms with E-state index >= 15 is 0 Å². The molecule has 0 unspecified atom stereocenters. The fraction of sp³-hybridized carbons (Fsp3) is 0.462. The average molecular weight is 217 g/mol. The number of oxazole rings is 1. The predicted molar refractivity (Wildman–Crippen MR) is 62.8 cm³/mol. The van der Waals surface area contributed by atoms with Gasteiger partial charge in [-0.05, 0) is 36.5 Å². The molecule has 2 aromatic rings. The number of hydrogen-bond acceptors (Lipinski definition) is 2. The topological polar surface area (TPSA) is 35.1 Å². The summed E-state index contributed by atoms with van der Waals surface area (Å²) in [5, 5.41) is 0. The largest absolute Gasteiger partial charge is 0.420 e. The highest BCUT2D eigenvalue weighted by Gasteiger charge is 2.28. The molecule has 1 aromatic carbocycles. The summed E-state index contributed by atoms with van der Waals surface area (Å²) in [5.41, 5.74) is 2.88. The maximum absolute atomic E-state index is 11.7. The normalized spacial score (nSPS) is 16.2. The summed E-state index contributed by atoms with van der Waals surface area (Å²) in [5.74, 6) is 0.248. The molecule has 1 aliphatic rings. The third kappa shape index (κ3) is 1.39. The van der Waals surface area contributed by atoms with Gasteiger partial charge in [0.2, 0.25) is 0 Å². The van der Waals surface area contributed by atoms with Crippen LogP contribution in [0.15, 0.2) is 27.4 Å². The first kappa shape index (κ1) is 9.70. The van der Waals surface area contributed by atoms with Crippen LogP contribution in [0.1, 0.15) is 44.2 Å². The maximum Gasteiger partial charge on any atom is 0.420 e. The number of fused-ring (bicyclic) bond motifs is 1. The molecule has 16 heavy (non-hydrogen) atoms. The lowest BCUT2D eigenvalue weighted by Crippen LogP contribution is -2.11. The van der Waals surface area contributed by atoms with E-state index < -0.39 is 0 Å². The van der Waals surface area contributed by atoms with Crippen molar-refractivity contribution in [3.05, 3.63) is 34.3 Å². The van der Waals surface area contributed by atoms with Gasteiger partial charge in [-0.1, -0.05) is 19.9 Å². The number of hydrogen-bond donors (Lipinski definition) is 0. The summed E-state index contributed by atoms with van der Waals surface area (Å²) >= 11 is 0. The smallest absolute Gasteiger partial charge is 0.408 e. The molecule has 1 aliphatic carbocycles. The van der Waals surface area contributed by atoms with Crippen molar-refractivity contribution in [1.29, 1.82) is 0 Å². The molecule has 0 bridgehead atoms. The second-order valence-electron chi connectivity index (χ2n) is 4.85. The summed E-state index contributed by atoms with van der Waals surface area (Å²) < 4.78 is 7.09. The molecule has 3 heteroatoms. The second kappa shape index (κ2) is 3.24. The van der Waals surface area contributed by atoms with Gasteiger partial charge in [-0.2, -0.15) is 0 Å². The Balaban J connectivity index is 2.23. The number of aromatic nitrogens is 1. The van der Waals surface area contributed by atoms with E-state index in [0.717, 1.165) is 23.9 Å². The van der Waals surface area contributed by atoms with E-state index in [2.05, 4.69) is 19.9 Å². The fourth-order valence-corrected chi connectivity index (χ4v) is 2.09. The van der Waals surface area contributed by atoms with E-state index in [1.54, 1.807) is 4.57 Å². The van der Waals surface area contributed by atoms with Crippen LogP contribution in [0.5, 0.6) is 0 Å². The molecule has 84 valence electrons. The van der Waals surface area contributed by atoms with Crippen molar-refractivity contribution in [3.63, 3.8) is 0 Å². The van der Waals surface area contributed by atoms with Crippen LogP contribution in [-0.2, 0) is 0 Å². The summed E-state index contributed by atoms with van der Waals surface area (Å²) in [6.45, 7) is 4.27. The quantitative estimate of drug-likeness (QED) is 0.775. The molecule has 0 atom stereocenters. The first-order valence-electron chi connectivity index (χ1n) is 5.82. The Morgan fingerprint density at radius 2 is 2.12 bits per heavy atom. The minimum atomic E-state index is -0.210. The molecule has 1 fully saturated rings. The van der Waals surface area contributed by atoms with Crippen molar-refractivity contribution >= 4 is 11.1 Å². The summed E-state index contributed by atoms with van der Waals surface area (Å²) in [6, 6.07) is 6.45. The third-order valence-corrected chi connectivity index (χ3v) is 3.22. The molecule has 3 rings (SSSR count). The van der Waals surface area contributed by atoms with E-state index in [4.69, 9.17) is 4.42 Å². The van der Waals surface area contributed by atoms with E-state index in [-0.39, 0.29) is 5.76 Å². The lowest BCUT2D eigenvalue weighted by Gasteiger charge is -2.04. The molecule has 0 amide bonds. The van der Waals surface area contributed by atoms with Gasteiger partial charge >= 0.3 is 5.76 Å². The number of benzene rings is 1. The average Bonchev–Trinajstić information content (AvgIpc) is 3.00. The Morgan fingerprint density at radius 3 is 2.75 bits per heavy atom. The van der Waals surface area contributed by atoms with Crippen LogP contribution in [0, 0.1) is 0 Å². The molecule has 0 spiro atoms. The monoisotopic (exact) mass is 217 g/mol. The second-order valence-corrected chi connectivity index (χ2v) is 4.85. The molecular weight excluding hydrogens is 202 g/mol. The highest BCUT2D eigenvalue weighted by molar-refractivity contribution is 5.74. The van der Waals surface area contributed by atoms with Crippen molar-refractivity contribution < 1.29 is 4.42 Å². The van der Waals surface area contributed by atoms with Gasteiger partial charge < -0.3 is 4.42 Å². The van der Waals surface area contributed by atoms with Crippen molar-refractivity contribution in [2.24, 2.45) is 0 Å². The van der Waals surface area contributed by atoms with Crippen LogP contribution in [0.4, 0.5) is 0 Å².